The first kappa shape index (κ1) is 28.6. The number of esters is 1. The van der Waals surface area contributed by atoms with Crippen LogP contribution in [0.4, 0.5) is 5.69 Å². The first-order valence-corrected chi connectivity index (χ1v) is 10.9. The van der Waals surface area contributed by atoms with Crippen molar-refractivity contribution < 1.29 is 14.3 Å². The normalized spacial score (nSPS) is 11.0. The molecule has 0 aliphatic carbocycles. The number of halogens is 2. The lowest BCUT2D eigenvalue weighted by atomic mass is 9.98. The standard InChI is InChI=1S/C27H26N4O3.2ClH/c1-17-3-12-24(18(2)13-17)27(33)34-23-10-6-20(7-11-23)25(14-28)26(32)31-22-8-4-19(5-9-22)21-15-29-30-16-21;;/h3-13,15-16,25H,14,28H2,1-2H3,(H,29,30)(H,31,32);2*1H. The molecule has 1 unspecified atom stereocenters. The number of aromatic nitrogens is 2. The van der Waals surface area contributed by atoms with E-state index >= 15 is 0 Å². The van der Waals surface area contributed by atoms with E-state index in [1.165, 1.54) is 0 Å². The highest BCUT2D eigenvalue weighted by Gasteiger charge is 2.20. The minimum absolute atomic E-state index is 0. The summed E-state index contributed by atoms with van der Waals surface area (Å²) in [5.41, 5.74) is 11.8. The van der Waals surface area contributed by atoms with Crippen LogP contribution < -0.4 is 15.8 Å². The number of aryl methyl sites for hydroxylation is 2. The van der Waals surface area contributed by atoms with Crippen molar-refractivity contribution in [3.8, 4) is 16.9 Å². The van der Waals surface area contributed by atoms with Crippen LogP contribution in [-0.2, 0) is 4.79 Å². The van der Waals surface area contributed by atoms with Crippen LogP contribution in [0.3, 0.4) is 0 Å². The van der Waals surface area contributed by atoms with Crippen LogP contribution in [0.5, 0.6) is 5.75 Å². The summed E-state index contributed by atoms with van der Waals surface area (Å²) in [6, 6.07) is 19.9. The number of rotatable bonds is 7. The quantitative estimate of drug-likeness (QED) is 0.219. The third kappa shape index (κ3) is 6.73. The fourth-order valence-electron chi connectivity index (χ4n) is 3.75. The average Bonchev–Trinajstić information content (AvgIpc) is 3.36. The van der Waals surface area contributed by atoms with Gasteiger partial charge in [0.1, 0.15) is 5.75 Å². The summed E-state index contributed by atoms with van der Waals surface area (Å²) in [6.45, 7) is 3.99. The molecule has 9 heteroatoms. The monoisotopic (exact) mass is 526 g/mol. The van der Waals surface area contributed by atoms with Gasteiger partial charge in [0.15, 0.2) is 0 Å². The fraction of sp³-hybridized carbons (Fsp3) is 0.148. The number of carbonyl (C=O) groups is 2. The van der Waals surface area contributed by atoms with E-state index in [2.05, 4.69) is 15.5 Å². The second kappa shape index (κ2) is 12.9. The van der Waals surface area contributed by atoms with Gasteiger partial charge in [-0.05, 0) is 60.9 Å². The van der Waals surface area contributed by atoms with Crippen LogP contribution in [0.1, 0.15) is 33.0 Å². The molecule has 0 spiro atoms. The molecule has 0 saturated heterocycles. The largest absolute Gasteiger partial charge is 0.423 e. The molecule has 4 rings (SSSR count). The molecule has 1 amide bonds. The SMILES string of the molecule is Cc1ccc(C(=O)Oc2ccc(C(CN)C(=O)Nc3ccc(-c4cn[nH]c4)cc3)cc2)c(C)c1.Cl.Cl. The first-order chi connectivity index (χ1) is 16.4. The lowest BCUT2D eigenvalue weighted by molar-refractivity contribution is -0.117. The van der Waals surface area contributed by atoms with Gasteiger partial charge in [-0.25, -0.2) is 4.79 Å². The van der Waals surface area contributed by atoms with Gasteiger partial charge in [0.05, 0.1) is 17.7 Å². The third-order valence-corrected chi connectivity index (χ3v) is 5.63. The number of hydrogen-bond acceptors (Lipinski definition) is 5. The third-order valence-electron chi connectivity index (χ3n) is 5.63. The molecule has 4 aromatic rings. The summed E-state index contributed by atoms with van der Waals surface area (Å²) in [5, 5.41) is 9.64. The van der Waals surface area contributed by atoms with Crippen LogP contribution in [0.15, 0.2) is 79.1 Å². The highest BCUT2D eigenvalue weighted by molar-refractivity contribution is 5.96. The van der Waals surface area contributed by atoms with E-state index in [9.17, 15) is 9.59 Å². The Hall–Kier alpha value is -3.65. The van der Waals surface area contributed by atoms with Gasteiger partial charge in [0, 0.05) is 24.0 Å². The van der Waals surface area contributed by atoms with E-state index in [-0.39, 0.29) is 37.3 Å². The molecule has 0 aliphatic rings. The van der Waals surface area contributed by atoms with Crippen LogP contribution >= 0.6 is 24.8 Å². The topological polar surface area (TPSA) is 110 Å². The highest BCUT2D eigenvalue weighted by atomic mass is 35.5. The Morgan fingerprint density at radius 1 is 0.972 bits per heavy atom. The molecule has 1 heterocycles. The molecule has 0 radical (unpaired) electrons. The number of anilines is 1. The van der Waals surface area contributed by atoms with Gasteiger partial charge in [0.25, 0.3) is 0 Å². The highest BCUT2D eigenvalue weighted by Crippen LogP contribution is 2.24. The summed E-state index contributed by atoms with van der Waals surface area (Å²) in [4.78, 5) is 25.4. The molecule has 0 fully saturated rings. The molecular formula is C27H28Cl2N4O3. The van der Waals surface area contributed by atoms with Gasteiger partial charge >= 0.3 is 5.97 Å². The first-order valence-electron chi connectivity index (χ1n) is 10.9. The van der Waals surface area contributed by atoms with Crippen molar-refractivity contribution in [1.29, 1.82) is 0 Å². The minimum Gasteiger partial charge on any atom is -0.423 e. The maximum Gasteiger partial charge on any atom is 0.343 e. The van der Waals surface area contributed by atoms with Crippen molar-refractivity contribution in [2.45, 2.75) is 19.8 Å². The number of H-pyrrole nitrogens is 1. The summed E-state index contributed by atoms with van der Waals surface area (Å²) in [7, 11) is 0. The lowest BCUT2D eigenvalue weighted by Gasteiger charge is -2.16. The molecule has 0 aliphatic heterocycles. The number of nitrogens with two attached hydrogens (primary N) is 1. The number of amides is 1. The summed E-state index contributed by atoms with van der Waals surface area (Å²) < 4.78 is 5.51. The molecular weight excluding hydrogens is 499 g/mol. The number of nitrogens with zero attached hydrogens (tertiary/aromatic N) is 1. The molecule has 3 aromatic carbocycles. The zero-order valence-electron chi connectivity index (χ0n) is 19.9. The van der Waals surface area contributed by atoms with Crippen LogP contribution in [0, 0.1) is 13.8 Å². The van der Waals surface area contributed by atoms with Gasteiger partial charge in [0.2, 0.25) is 5.91 Å². The Bertz CT molecular complexity index is 1290. The van der Waals surface area contributed by atoms with Crippen molar-refractivity contribution in [3.05, 3.63) is 101 Å². The number of carbonyl (C=O) groups excluding carboxylic acids is 2. The number of nitrogens with one attached hydrogen (secondary N) is 2. The van der Waals surface area contributed by atoms with Crippen molar-refractivity contribution in [2.75, 3.05) is 11.9 Å². The predicted octanol–water partition coefficient (Wildman–Crippen LogP) is 5.44. The molecule has 1 atom stereocenters. The van der Waals surface area contributed by atoms with Crippen LogP contribution in [-0.4, -0.2) is 28.6 Å². The van der Waals surface area contributed by atoms with Gasteiger partial charge < -0.3 is 15.8 Å². The van der Waals surface area contributed by atoms with E-state index in [4.69, 9.17) is 10.5 Å². The van der Waals surface area contributed by atoms with Crippen molar-refractivity contribution in [1.82, 2.24) is 10.2 Å². The lowest BCUT2D eigenvalue weighted by Crippen LogP contribution is -2.27. The number of benzene rings is 3. The Kier molecular flexibility index (Phi) is 10.2. The summed E-state index contributed by atoms with van der Waals surface area (Å²) in [5.74, 6) is -0.770. The Morgan fingerprint density at radius 2 is 1.67 bits per heavy atom. The molecule has 4 N–H and O–H groups in total. The maximum absolute atomic E-state index is 12.9. The van der Waals surface area contributed by atoms with Crippen molar-refractivity contribution in [3.63, 3.8) is 0 Å². The van der Waals surface area contributed by atoms with Gasteiger partial charge in [-0.1, -0.05) is 42.0 Å². The van der Waals surface area contributed by atoms with Crippen molar-refractivity contribution >= 4 is 42.4 Å². The Balaban J connectivity index is 0.00000228. The second-order valence-corrected chi connectivity index (χ2v) is 8.12. The van der Waals surface area contributed by atoms with E-state index in [0.717, 1.165) is 27.8 Å². The Morgan fingerprint density at radius 3 is 2.25 bits per heavy atom. The van der Waals surface area contributed by atoms with Gasteiger partial charge in [-0.2, -0.15) is 5.10 Å². The average molecular weight is 527 g/mol. The molecule has 0 bridgehead atoms. The fourth-order valence-corrected chi connectivity index (χ4v) is 3.75. The molecule has 188 valence electrons. The predicted molar refractivity (Wildman–Crippen MR) is 146 cm³/mol. The molecule has 1 aromatic heterocycles. The molecule has 36 heavy (non-hydrogen) atoms. The maximum atomic E-state index is 12.9. The van der Waals surface area contributed by atoms with Crippen LogP contribution in [0.25, 0.3) is 11.1 Å². The molecule has 0 saturated carbocycles. The van der Waals surface area contributed by atoms with Gasteiger partial charge in [-0.3, -0.25) is 9.89 Å². The zero-order valence-corrected chi connectivity index (χ0v) is 21.5. The van der Waals surface area contributed by atoms with Crippen molar-refractivity contribution in [2.24, 2.45) is 5.73 Å². The number of hydrogen-bond donors (Lipinski definition) is 3. The zero-order chi connectivity index (χ0) is 24.1. The smallest absolute Gasteiger partial charge is 0.343 e. The minimum atomic E-state index is -0.544. The van der Waals surface area contributed by atoms with E-state index < -0.39 is 11.9 Å². The molecule has 7 nitrogen and oxygen atoms in total. The summed E-state index contributed by atoms with van der Waals surface area (Å²) in [6.07, 6.45) is 3.54. The summed E-state index contributed by atoms with van der Waals surface area (Å²) >= 11 is 0. The van der Waals surface area contributed by atoms with Crippen LogP contribution in [0.2, 0.25) is 0 Å². The van der Waals surface area contributed by atoms with Gasteiger partial charge in [-0.15, -0.1) is 24.8 Å². The Labute approximate surface area is 222 Å². The van der Waals surface area contributed by atoms with E-state index in [0.29, 0.717) is 17.0 Å². The second-order valence-electron chi connectivity index (χ2n) is 8.12. The number of ether oxygens (including phenoxy) is 1. The van der Waals surface area contributed by atoms with E-state index in [1.807, 2.05) is 50.2 Å². The van der Waals surface area contributed by atoms with E-state index in [1.54, 1.807) is 42.7 Å². The number of aromatic amines is 1.